The Hall–Kier alpha value is -1.31. The summed E-state index contributed by atoms with van der Waals surface area (Å²) in [4.78, 5) is 11.5. The Balaban J connectivity index is 1.57. The normalized spacial score (nSPS) is 31.9. The number of hydrogen-bond donors (Lipinski definition) is 0. The smallest absolute Gasteiger partial charge is 0.312 e. The van der Waals surface area contributed by atoms with E-state index in [0.717, 1.165) is 18.4 Å². The van der Waals surface area contributed by atoms with Crippen LogP contribution in [-0.4, -0.2) is 5.97 Å². The summed E-state index contributed by atoms with van der Waals surface area (Å²) < 4.78 is 5.26. The summed E-state index contributed by atoms with van der Waals surface area (Å²) in [6.45, 7) is 0.425. The number of fused-ring (bicyclic) bond motifs is 1. The van der Waals surface area contributed by atoms with Gasteiger partial charge in [0.05, 0.1) is 5.41 Å². The number of hydrogen-bond acceptors (Lipinski definition) is 2. The van der Waals surface area contributed by atoms with Crippen LogP contribution in [0.5, 0.6) is 0 Å². The number of carbonyl (C=O) groups is 1. The van der Waals surface area contributed by atoms with Crippen LogP contribution in [0.4, 0.5) is 0 Å². The molecule has 2 heteroatoms. The van der Waals surface area contributed by atoms with Crippen molar-refractivity contribution in [2.24, 2.45) is 11.3 Å². The van der Waals surface area contributed by atoms with E-state index in [1.807, 2.05) is 30.3 Å². The third-order valence-electron chi connectivity index (χ3n) is 3.30. The molecule has 72 valence electrons. The lowest BCUT2D eigenvalue weighted by Crippen LogP contribution is -2.11. The van der Waals surface area contributed by atoms with Crippen LogP contribution in [0.15, 0.2) is 30.3 Å². The van der Waals surface area contributed by atoms with Crippen molar-refractivity contribution in [3.05, 3.63) is 35.9 Å². The van der Waals surface area contributed by atoms with E-state index in [9.17, 15) is 4.79 Å². The first-order valence-corrected chi connectivity index (χ1v) is 5.02. The van der Waals surface area contributed by atoms with Gasteiger partial charge in [0.2, 0.25) is 0 Å². The second-order valence-corrected chi connectivity index (χ2v) is 4.32. The highest BCUT2D eigenvalue weighted by atomic mass is 16.5. The molecule has 0 saturated heterocycles. The maximum atomic E-state index is 11.5. The molecule has 3 rings (SSSR count). The van der Waals surface area contributed by atoms with Gasteiger partial charge in [-0.05, 0) is 24.3 Å². The van der Waals surface area contributed by atoms with Crippen LogP contribution in [0, 0.1) is 11.3 Å². The number of carbonyl (C=O) groups excluding carboxylic acids is 1. The summed E-state index contributed by atoms with van der Waals surface area (Å²) in [6, 6.07) is 9.82. The summed E-state index contributed by atoms with van der Waals surface area (Å²) in [5, 5.41) is 0. The molecule has 0 unspecified atom stereocenters. The molecule has 0 aromatic heterocycles. The first-order valence-electron chi connectivity index (χ1n) is 5.02. The number of benzene rings is 1. The largest absolute Gasteiger partial charge is 0.460 e. The fourth-order valence-electron chi connectivity index (χ4n) is 1.90. The van der Waals surface area contributed by atoms with Crippen molar-refractivity contribution in [1.82, 2.24) is 0 Å². The lowest BCUT2D eigenvalue weighted by atomic mass is 10.2. The summed E-state index contributed by atoms with van der Waals surface area (Å²) in [5.74, 6) is 0.692. The van der Waals surface area contributed by atoms with Gasteiger partial charge in [0.25, 0.3) is 0 Å². The molecule has 0 bridgehead atoms. The molecule has 0 radical (unpaired) electrons. The highest BCUT2D eigenvalue weighted by Gasteiger charge is 2.75. The Morgan fingerprint density at radius 3 is 2.57 bits per heavy atom. The van der Waals surface area contributed by atoms with E-state index >= 15 is 0 Å². The molecule has 2 nitrogen and oxygen atoms in total. The minimum Gasteiger partial charge on any atom is -0.460 e. The molecule has 14 heavy (non-hydrogen) atoms. The van der Waals surface area contributed by atoms with E-state index in [2.05, 4.69) is 0 Å². The molecule has 2 saturated carbocycles. The standard InChI is InChI=1S/C12H12O2/c13-11(12-6-10(12)7-12)14-8-9-4-2-1-3-5-9/h1-5,10H,6-8H2. The second kappa shape index (κ2) is 2.59. The zero-order valence-corrected chi connectivity index (χ0v) is 7.90. The van der Waals surface area contributed by atoms with Crippen molar-refractivity contribution in [2.45, 2.75) is 19.4 Å². The predicted octanol–water partition coefficient (Wildman–Crippen LogP) is 2.14. The van der Waals surface area contributed by atoms with Crippen molar-refractivity contribution in [3.8, 4) is 0 Å². The van der Waals surface area contributed by atoms with E-state index in [0.29, 0.717) is 12.5 Å². The first-order chi connectivity index (χ1) is 6.81. The predicted molar refractivity (Wildman–Crippen MR) is 51.4 cm³/mol. The Morgan fingerprint density at radius 2 is 2.00 bits per heavy atom. The van der Waals surface area contributed by atoms with Gasteiger partial charge in [0.1, 0.15) is 6.61 Å². The van der Waals surface area contributed by atoms with Crippen LogP contribution < -0.4 is 0 Å². The Morgan fingerprint density at radius 1 is 1.36 bits per heavy atom. The van der Waals surface area contributed by atoms with Gasteiger partial charge in [0.15, 0.2) is 0 Å². The van der Waals surface area contributed by atoms with Gasteiger partial charge >= 0.3 is 5.97 Å². The lowest BCUT2D eigenvalue weighted by Gasteiger charge is -2.05. The highest BCUT2D eigenvalue weighted by molar-refractivity contribution is 5.85. The molecule has 0 amide bonds. The van der Waals surface area contributed by atoms with Crippen LogP contribution in [0.3, 0.4) is 0 Å². The molecule has 0 heterocycles. The molecule has 0 spiro atoms. The molecular weight excluding hydrogens is 176 g/mol. The van der Waals surface area contributed by atoms with Gasteiger partial charge in [-0.2, -0.15) is 0 Å². The van der Waals surface area contributed by atoms with Gasteiger partial charge in [-0.1, -0.05) is 30.3 Å². The molecule has 0 N–H and O–H groups in total. The van der Waals surface area contributed by atoms with Crippen LogP contribution in [0.1, 0.15) is 18.4 Å². The average molecular weight is 188 g/mol. The molecule has 0 atom stereocenters. The van der Waals surface area contributed by atoms with E-state index in [1.165, 1.54) is 0 Å². The number of ether oxygens (including phenoxy) is 1. The summed E-state index contributed by atoms with van der Waals surface area (Å²) in [6.07, 6.45) is 2.14. The summed E-state index contributed by atoms with van der Waals surface area (Å²) in [7, 11) is 0. The monoisotopic (exact) mass is 188 g/mol. The van der Waals surface area contributed by atoms with Crippen molar-refractivity contribution >= 4 is 5.97 Å². The molecular formula is C12H12O2. The van der Waals surface area contributed by atoms with E-state index in [-0.39, 0.29) is 11.4 Å². The lowest BCUT2D eigenvalue weighted by molar-refractivity contribution is -0.149. The van der Waals surface area contributed by atoms with Crippen molar-refractivity contribution in [3.63, 3.8) is 0 Å². The average Bonchev–Trinajstić information content (AvgIpc) is 3.03. The number of esters is 1. The second-order valence-electron chi connectivity index (χ2n) is 4.32. The van der Waals surface area contributed by atoms with Crippen molar-refractivity contribution in [2.75, 3.05) is 0 Å². The molecule has 1 aromatic carbocycles. The third-order valence-corrected chi connectivity index (χ3v) is 3.30. The summed E-state index contributed by atoms with van der Waals surface area (Å²) in [5.41, 5.74) is 1.06. The van der Waals surface area contributed by atoms with Crippen LogP contribution in [-0.2, 0) is 16.1 Å². The van der Waals surface area contributed by atoms with Gasteiger partial charge in [-0.15, -0.1) is 0 Å². The zero-order chi connectivity index (χ0) is 9.60. The van der Waals surface area contributed by atoms with Crippen LogP contribution in [0.2, 0.25) is 0 Å². The minimum absolute atomic E-state index is 0.00518. The van der Waals surface area contributed by atoms with Gasteiger partial charge in [-0.25, -0.2) is 0 Å². The molecule has 2 aliphatic carbocycles. The maximum absolute atomic E-state index is 11.5. The van der Waals surface area contributed by atoms with E-state index in [4.69, 9.17) is 4.74 Å². The molecule has 1 aromatic rings. The van der Waals surface area contributed by atoms with Crippen LogP contribution in [0.25, 0.3) is 0 Å². The van der Waals surface area contributed by atoms with Crippen molar-refractivity contribution in [1.29, 1.82) is 0 Å². The van der Waals surface area contributed by atoms with Gasteiger partial charge in [-0.3, -0.25) is 4.79 Å². The van der Waals surface area contributed by atoms with E-state index < -0.39 is 0 Å². The Labute approximate surface area is 82.9 Å². The minimum atomic E-state index is -0.00518. The molecule has 2 fully saturated rings. The van der Waals surface area contributed by atoms with Crippen molar-refractivity contribution < 1.29 is 9.53 Å². The quantitative estimate of drug-likeness (QED) is 0.679. The Kier molecular flexibility index (Phi) is 1.49. The van der Waals surface area contributed by atoms with Gasteiger partial charge in [0, 0.05) is 0 Å². The van der Waals surface area contributed by atoms with Gasteiger partial charge < -0.3 is 4.74 Å². The Bertz CT molecular complexity index is 363. The number of rotatable bonds is 3. The topological polar surface area (TPSA) is 26.3 Å². The fourth-order valence-corrected chi connectivity index (χ4v) is 1.90. The van der Waals surface area contributed by atoms with E-state index in [1.54, 1.807) is 0 Å². The highest BCUT2D eigenvalue weighted by Crippen LogP contribution is 2.75. The summed E-state index contributed by atoms with van der Waals surface area (Å²) >= 11 is 0. The first kappa shape index (κ1) is 8.04. The van der Waals surface area contributed by atoms with Crippen LogP contribution >= 0.6 is 0 Å². The SMILES string of the molecule is O=C(OCc1ccccc1)C12CC1C2. The maximum Gasteiger partial charge on any atom is 0.312 e. The third kappa shape index (κ3) is 1.14. The fraction of sp³-hybridized carbons (Fsp3) is 0.417. The zero-order valence-electron chi connectivity index (χ0n) is 7.90. The molecule has 2 aliphatic rings. The molecule has 0 aliphatic heterocycles.